The highest BCUT2D eigenvalue weighted by molar-refractivity contribution is 5.67. The fraction of sp³-hybridized carbons (Fsp3) is 0.250. The lowest BCUT2D eigenvalue weighted by Crippen LogP contribution is -2.23. The number of benzene rings is 2. The first-order valence-corrected chi connectivity index (χ1v) is 6.46. The number of hydrogen-bond acceptors (Lipinski definition) is 2. The lowest BCUT2D eigenvalue weighted by Gasteiger charge is -2.25. The summed E-state index contributed by atoms with van der Waals surface area (Å²) < 4.78 is 13.3. The summed E-state index contributed by atoms with van der Waals surface area (Å²) in [4.78, 5) is 2.15. The third-order valence-corrected chi connectivity index (χ3v) is 3.33. The maximum absolute atomic E-state index is 13.3. The van der Waals surface area contributed by atoms with E-state index in [0.29, 0.717) is 6.54 Å². The molecule has 3 heteroatoms. The minimum atomic E-state index is -0.197. The number of halogens is 1. The molecule has 0 aromatic heterocycles. The number of nitrogens with zero attached hydrogens (tertiary/aromatic N) is 1. The second-order valence-electron chi connectivity index (χ2n) is 4.64. The quantitative estimate of drug-likeness (QED) is 0.846. The molecule has 2 rings (SSSR count). The average Bonchev–Trinajstić information content (AvgIpc) is 2.41. The Balaban J connectivity index is 2.29. The van der Waals surface area contributed by atoms with E-state index in [1.54, 1.807) is 6.07 Å². The van der Waals surface area contributed by atoms with Crippen molar-refractivity contribution >= 4 is 11.4 Å². The van der Waals surface area contributed by atoms with E-state index in [9.17, 15) is 4.39 Å². The minimum absolute atomic E-state index is 0.197. The maximum atomic E-state index is 13.3. The van der Waals surface area contributed by atoms with Crippen LogP contribution in [0.25, 0.3) is 0 Å². The molecule has 0 aliphatic rings. The van der Waals surface area contributed by atoms with Crippen LogP contribution < -0.4 is 10.6 Å². The second kappa shape index (κ2) is 5.74. The summed E-state index contributed by atoms with van der Waals surface area (Å²) in [5.74, 6) is -0.197. The fourth-order valence-electron chi connectivity index (χ4n) is 2.16. The van der Waals surface area contributed by atoms with Crippen LogP contribution in [-0.4, -0.2) is 6.54 Å². The molecule has 0 bridgehead atoms. The number of aryl methyl sites for hydroxylation is 1. The third kappa shape index (κ3) is 3.05. The molecular formula is C16H19FN2. The SMILES string of the molecule is CCN(Cc1cc(F)ccc1C)c1ccccc1N. The molecule has 2 aromatic carbocycles. The largest absolute Gasteiger partial charge is 0.397 e. The van der Waals surface area contributed by atoms with Gasteiger partial charge in [-0.3, -0.25) is 0 Å². The Morgan fingerprint density at radius 2 is 1.89 bits per heavy atom. The van der Waals surface area contributed by atoms with Gasteiger partial charge < -0.3 is 10.6 Å². The molecular weight excluding hydrogens is 239 g/mol. The zero-order chi connectivity index (χ0) is 13.8. The fourth-order valence-corrected chi connectivity index (χ4v) is 2.16. The lowest BCUT2D eigenvalue weighted by molar-refractivity contribution is 0.624. The van der Waals surface area contributed by atoms with Crippen molar-refractivity contribution in [3.63, 3.8) is 0 Å². The number of hydrogen-bond donors (Lipinski definition) is 1. The van der Waals surface area contributed by atoms with Crippen molar-refractivity contribution in [3.8, 4) is 0 Å². The number of anilines is 2. The molecule has 0 heterocycles. The molecule has 2 nitrogen and oxygen atoms in total. The number of para-hydroxylation sites is 2. The van der Waals surface area contributed by atoms with Gasteiger partial charge >= 0.3 is 0 Å². The Morgan fingerprint density at radius 1 is 1.16 bits per heavy atom. The van der Waals surface area contributed by atoms with Crippen molar-refractivity contribution in [2.24, 2.45) is 0 Å². The zero-order valence-corrected chi connectivity index (χ0v) is 11.4. The Kier molecular flexibility index (Phi) is 4.05. The summed E-state index contributed by atoms with van der Waals surface area (Å²) in [6.45, 7) is 5.55. The van der Waals surface area contributed by atoms with Gasteiger partial charge in [0.05, 0.1) is 11.4 Å². The van der Waals surface area contributed by atoms with Gasteiger partial charge in [0.2, 0.25) is 0 Å². The first-order valence-electron chi connectivity index (χ1n) is 6.46. The van der Waals surface area contributed by atoms with Gasteiger partial charge in [0.15, 0.2) is 0 Å². The predicted molar refractivity (Wildman–Crippen MR) is 78.7 cm³/mol. The van der Waals surface area contributed by atoms with Gasteiger partial charge in [0.1, 0.15) is 5.82 Å². The van der Waals surface area contributed by atoms with Crippen molar-refractivity contribution in [3.05, 3.63) is 59.4 Å². The van der Waals surface area contributed by atoms with Crippen LogP contribution >= 0.6 is 0 Å². The summed E-state index contributed by atoms with van der Waals surface area (Å²) >= 11 is 0. The minimum Gasteiger partial charge on any atom is -0.397 e. The topological polar surface area (TPSA) is 29.3 Å². The van der Waals surface area contributed by atoms with Gasteiger partial charge in [-0.1, -0.05) is 18.2 Å². The molecule has 0 fully saturated rings. The smallest absolute Gasteiger partial charge is 0.123 e. The predicted octanol–water partition coefficient (Wildman–Crippen LogP) is 3.74. The van der Waals surface area contributed by atoms with Crippen LogP contribution in [0, 0.1) is 12.7 Å². The molecule has 0 atom stereocenters. The van der Waals surface area contributed by atoms with Gasteiger partial charge in [0.25, 0.3) is 0 Å². The monoisotopic (exact) mass is 258 g/mol. The van der Waals surface area contributed by atoms with E-state index in [-0.39, 0.29) is 5.82 Å². The lowest BCUT2D eigenvalue weighted by atomic mass is 10.1. The summed E-state index contributed by atoms with van der Waals surface area (Å²) in [6, 6.07) is 12.7. The van der Waals surface area contributed by atoms with Gasteiger partial charge in [-0.05, 0) is 49.2 Å². The molecule has 0 spiro atoms. The molecule has 2 aromatic rings. The Bertz CT molecular complexity index is 566. The normalized spacial score (nSPS) is 10.5. The van der Waals surface area contributed by atoms with Crippen molar-refractivity contribution in [2.45, 2.75) is 20.4 Å². The third-order valence-electron chi connectivity index (χ3n) is 3.33. The van der Waals surface area contributed by atoms with E-state index in [2.05, 4.69) is 11.8 Å². The highest BCUT2D eigenvalue weighted by Gasteiger charge is 2.10. The Labute approximate surface area is 113 Å². The van der Waals surface area contributed by atoms with Crippen molar-refractivity contribution in [1.82, 2.24) is 0 Å². The van der Waals surface area contributed by atoms with E-state index in [1.807, 2.05) is 37.3 Å². The van der Waals surface area contributed by atoms with Crippen LogP contribution in [0.3, 0.4) is 0 Å². The van der Waals surface area contributed by atoms with E-state index in [1.165, 1.54) is 6.07 Å². The Morgan fingerprint density at radius 3 is 2.58 bits per heavy atom. The summed E-state index contributed by atoms with van der Waals surface area (Å²) in [6.07, 6.45) is 0. The van der Waals surface area contributed by atoms with E-state index >= 15 is 0 Å². The van der Waals surface area contributed by atoms with Crippen LogP contribution in [0.15, 0.2) is 42.5 Å². The maximum Gasteiger partial charge on any atom is 0.123 e. The molecule has 100 valence electrons. The highest BCUT2D eigenvalue weighted by atomic mass is 19.1. The van der Waals surface area contributed by atoms with E-state index in [0.717, 1.165) is 29.0 Å². The molecule has 0 saturated heterocycles. The number of nitrogens with two attached hydrogens (primary N) is 1. The Hall–Kier alpha value is -2.03. The van der Waals surface area contributed by atoms with Crippen LogP contribution in [0.5, 0.6) is 0 Å². The van der Waals surface area contributed by atoms with Crippen molar-refractivity contribution in [2.75, 3.05) is 17.2 Å². The van der Waals surface area contributed by atoms with Gasteiger partial charge in [0, 0.05) is 13.1 Å². The first-order chi connectivity index (χ1) is 9.11. The van der Waals surface area contributed by atoms with Crippen LogP contribution in [-0.2, 0) is 6.54 Å². The van der Waals surface area contributed by atoms with Crippen molar-refractivity contribution in [1.29, 1.82) is 0 Å². The molecule has 0 aliphatic heterocycles. The van der Waals surface area contributed by atoms with Gasteiger partial charge in [-0.25, -0.2) is 4.39 Å². The average molecular weight is 258 g/mol. The number of rotatable bonds is 4. The summed E-state index contributed by atoms with van der Waals surface area (Å²) in [5.41, 5.74) is 9.83. The standard InChI is InChI=1S/C16H19FN2/c1-3-19(16-7-5-4-6-15(16)18)11-13-10-14(17)9-8-12(13)2/h4-10H,3,11,18H2,1-2H3. The second-order valence-corrected chi connectivity index (χ2v) is 4.64. The molecule has 0 saturated carbocycles. The summed E-state index contributed by atoms with van der Waals surface area (Å²) in [7, 11) is 0. The van der Waals surface area contributed by atoms with Gasteiger partial charge in [-0.2, -0.15) is 0 Å². The van der Waals surface area contributed by atoms with Crippen molar-refractivity contribution < 1.29 is 4.39 Å². The molecule has 0 radical (unpaired) electrons. The van der Waals surface area contributed by atoms with E-state index in [4.69, 9.17) is 5.73 Å². The highest BCUT2D eigenvalue weighted by Crippen LogP contribution is 2.25. The molecule has 2 N–H and O–H groups in total. The van der Waals surface area contributed by atoms with Crippen LogP contribution in [0.2, 0.25) is 0 Å². The number of nitrogen functional groups attached to an aromatic ring is 1. The van der Waals surface area contributed by atoms with Gasteiger partial charge in [-0.15, -0.1) is 0 Å². The first kappa shape index (κ1) is 13.4. The van der Waals surface area contributed by atoms with Crippen LogP contribution in [0.4, 0.5) is 15.8 Å². The molecule has 19 heavy (non-hydrogen) atoms. The van der Waals surface area contributed by atoms with Crippen LogP contribution in [0.1, 0.15) is 18.1 Å². The zero-order valence-electron chi connectivity index (χ0n) is 11.4. The summed E-state index contributed by atoms with van der Waals surface area (Å²) in [5, 5.41) is 0. The molecule has 0 amide bonds. The van der Waals surface area contributed by atoms with E-state index < -0.39 is 0 Å². The molecule has 0 unspecified atom stereocenters. The molecule has 0 aliphatic carbocycles.